The summed E-state index contributed by atoms with van der Waals surface area (Å²) >= 11 is 5.85. The van der Waals surface area contributed by atoms with Gasteiger partial charge in [-0.3, -0.25) is 10.1 Å². The first-order valence-electron chi connectivity index (χ1n) is 5.38. The van der Waals surface area contributed by atoms with Crippen LogP contribution < -0.4 is 5.32 Å². The summed E-state index contributed by atoms with van der Waals surface area (Å²) in [4.78, 5) is 10.5. The van der Waals surface area contributed by atoms with Gasteiger partial charge < -0.3 is 5.32 Å². The van der Waals surface area contributed by atoms with E-state index in [1.165, 1.54) is 12.1 Å². The summed E-state index contributed by atoms with van der Waals surface area (Å²) in [5, 5.41) is 14.5. The average molecular weight is 263 g/mol. The molecule has 0 aromatic heterocycles. The van der Waals surface area contributed by atoms with Gasteiger partial charge in [0.15, 0.2) is 0 Å². The van der Waals surface area contributed by atoms with Gasteiger partial charge in [0.05, 0.1) is 10.5 Å². The molecule has 0 aliphatic rings. The molecule has 0 radical (unpaired) electrons. The molecule has 2 aromatic carbocycles. The Labute approximate surface area is 109 Å². The number of nitrogens with one attached hydrogen (secondary N) is 1. The molecule has 0 heterocycles. The minimum Gasteiger partial charge on any atom is -0.381 e. The quantitative estimate of drug-likeness (QED) is 0.672. The van der Waals surface area contributed by atoms with E-state index in [1.54, 1.807) is 6.07 Å². The highest BCUT2D eigenvalue weighted by Gasteiger charge is 2.13. The van der Waals surface area contributed by atoms with Crippen molar-refractivity contribution in [3.63, 3.8) is 0 Å². The van der Waals surface area contributed by atoms with E-state index in [2.05, 4.69) is 5.32 Å². The normalized spacial score (nSPS) is 10.1. The van der Waals surface area contributed by atoms with Crippen LogP contribution in [0, 0.1) is 10.1 Å². The third-order valence-electron chi connectivity index (χ3n) is 2.49. The van der Waals surface area contributed by atoms with Gasteiger partial charge in [0, 0.05) is 23.3 Å². The summed E-state index contributed by atoms with van der Waals surface area (Å²) in [6.07, 6.45) is 0. The van der Waals surface area contributed by atoms with Crippen LogP contribution in [0.1, 0.15) is 5.56 Å². The number of para-hydroxylation sites is 1. The lowest BCUT2D eigenvalue weighted by Crippen LogP contribution is -2.03. The van der Waals surface area contributed by atoms with Crippen molar-refractivity contribution in [3.8, 4) is 0 Å². The van der Waals surface area contributed by atoms with Crippen LogP contribution in [0.25, 0.3) is 0 Å². The monoisotopic (exact) mass is 262 g/mol. The molecule has 0 bridgehead atoms. The molecular weight excluding hydrogens is 252 g/mol. The number of rotatable bonds is 4. The van der Waals surface area contributed by atoms with Gasteiger partial charge in [0.2, 0.25) is 0 Å². The molecule has 0 unspecified atom stereocenters. The van der Waals surface area contributed by atoms with Crippen LogP contribution in [0.15, 0.2) is 48.5 Å². The lowest BCUT2D eigenvalue weighted by Gasteiger charge is -2.07. The van der Waals surface area contributed by atoms with E-state index in [-0.39, 0.29) is 5.69 Å². The van der Waals surface area contributed by atoms with Crippen LogP contribution in [-0.2, 0) is 6.54 Å². The SMILES string of the molecule is O=[N+]([O-])c1ccc(Cl)cc1CNc1ccccc1. The molecule has 0 saturated carbocycles. The Bertz CT molecular complexity index is 558. The van der Waals surface area contributed by atoms with Gasteiger partial charge >= 0.3 is 0 Å². The summed E-state index contributed by atoms with van der Waals surface area (Å²) in [7, 11) is 0. The Morgan fingerprint density at radius 2 is 1.89 bits per heavy atom. The van der Waals surface area contributed by atoms with Gasteiger partial charge in [-0.15, -0.1) is 0 Å². The molecule has 2 rings (SSSR count). The maximum Gasteiger partial charge on any atom is 0.274 e. The first-order valence-corrected chi connectivity index (χ1v) is 5.76. The van der Waals surface area contributed by atoms with E-state index < -0.39 is 4.92 Å². The van der Waals surface area contributed by atoms with E-state index in [0.717, 1.165) is 5.69 Å². The maximum atomic E-state index is 10.9. The lowest BCUT2D eigenvalue weighted by molar-refractivity contribution is -0.385. The number of nitrogens with zero attached hydrogens (tertiary/aromatic N) is 1. The molecule has 5 heteroatoms. The van der Waals surface area contributed by atoms with Crippen molar-refractivity contribution in [2.75, 3.05) is 5.32 Å². The predicted octanol–water partition coefficient (Wildman–Crippen LogP) is 3.86. The lowest BCUT2D eigenvalue weighted by atomic mass is 10.1. The van der Waals surface area contributed by atoms with E-state index >= 15 is 0 Å². The molecule has 0 atom stereocenters. The predicted molar refractivity (Wildman–Crippen MR) is 71.9 cm³/mol. The smallest absolute Gasteiger partial charge is 0.274 e. The van der Waals surface area contributed by atoms with Crippen molar-refractivity contribution in [2.24, 2.45) is 0 Å². The fourth-order valence-electron chi connectivity index (χ4n) is 1.63. The van der Waals surface area contributed by atoms with Crippen molar-refractivity contribution in [2.45, 2.75) is 6.54 Å². The highest BCUT2D eigenvalue weighted by Crippen LogP contribution is 2.23. The molecule has 18 heavy (non-hydrogen) atoms. The Kier molecular flexibility index (Phi) is 3.79. The first kappa shape index (κ1) is 12.4. The second-order valence-electron chi connectivity index (χ2n) is 3.75. The number of nitro benzene ring substituents is 1. The molecular formula is C13H11ClN2O2. The van der Waals surface area contributed by atoms with Gasteiger partial charge in [0.25, 0.3) is 5.69 Å². The zero-order chi connectivity index (χ0) is 13.0. The zero-order valence-electron chi connectivity index (χ0n) is 9.47. The number of hydrogen-bond acceptors (Lipinski definition) is 3. The molecule has 2 aromatic rings. The highest BCUT2D eigenvalue weighted by atomic mass is 35.5. The second-order valence-corrected chi connectivity index (χ2v) is 4.19. The van der Waals surface area contributed by atoms with Crippen molar-refractivity contribution in [1.82, 2.24) is 0 Å². The third-order valence-corrected chi connectivity index (χ3v) is 2.73. The molecule has 0 aliphatic carbocycles. The van der Waals surface area contributed by atoms with E-state index in [9.17, 15) is 10.1 Å². The number of nitro groups is 1. The first-order chi connectivity index (χ1) is 8.66. The summed E-state index contributed by atoms with van der Waals surface area (Å²) in [5.41, 5.74) is 1.55. The summed E-state index contributed by atoms with van der Waals surface area (Å²) in [6, 6.07) is 14.1. The minimum atomic E-state index is -0.404. The van der Waals surface area contributed by atoms with Crippen LogP contribution in [0.3, 0.4) is 0 Å². The Balaban J connectivity index is 2.18. The van der Waals surface area contributed by atoms with Crippen LogP contribution >= 0.6 is 11.6 Å². The van der Waals surface area contributed by atoms with Crippen molar-refractivity contribution in [3.05, 3.63) is 69.2 Å². The van der Waals surface area contributed by atoms with Crippen LogP contribution in [0.2, 0.25) is 5.02 Å². The Morgan fingerprint density at radius 1 is 1.17 bits per heavy atom. The zero-order valence-corrected chi connectivity index (χ0v) is 10.2. The largest absolute Gasteiger partial charge is 0.381 e. The summed E-state index contributed by atoms with van der Waals surface area (Å²) in [5.74, 6) is 0. The molecule has 4 nitrogen and oxygen atoms in total. The van der Waals surface area contributed by atoms with Crippen LogP contribution in [0.4, 0.5) is 11.4 Å². The van der Waals surface area contributed by atoms with Crippen molar-refractivity contribution in [1.29, 1.82) is 0 Å². The highest BCUT2D eigenvalue weighted by molar-refractivity contribution is 6.30. The molecule has 0 aliphatic heterocycles. The Morgan fingerprint density at radius 3 is 2.56 bits per heavy atom. The summed E-state index contributed by atoms with van der Waals surface area (Å²) in [6.45, 7) is 0.362. The number of hydrogen-bond donors (Lipinski definition) is 1. The Hall–Kier alpha value is -2.07. The number of anilines is 1. The fraction of sp³-hybridized carbons (Fsp3) is 0.0769. The molecule has 0 saturated heterocycles. The van der Waals surface area contributed by atoms with Gasteiger partial charge in [-0.2, -0.15) is 0 Å². The molecule has 0 amide bonds. The van der Waals surface area contributed by atoms with Gasteiger partial charge in [0.1, 0.15) is 0 Å². The van der Waals surface area contributed by atoms with Crippen molar-refractivity contribution < 1.29 is 4.92 Å². The molecule has 1 N–H and O–H groups in total. The maximum absolute atomic E-state index is 10.9. The topological polar surface area (TPSA) is 55.2 Å². The number of benzene rings is 2. The fourth-order valence-corrected chi connectivity index (χ4v) is 1.82. The third kappa shape index (κ3) is 2.99. The van der Waals surface area contributed by atoms with Crippen LogP contribution in [-0.4, -0.2) is 4.92 Å². The van der Waals surface area contributed by atoms with E-state index in [0.29, 0.717) is 17.1 Å². The van der Waals surface area contributed by atoms with Gasteiger partial charge in [-0.1, -0.05) is 29.8 Å². The van der Waals surface area contributed by atoms with E-state index in [4.69, 9.17) is 11.6 Å². The minimum absolute atomic E-state index is 0.0721. The summed E-state index contributed by atoms with van der Waals surface area (Å²) < 4.78 is 0. The van der Waals surface area contributed by atoms with Gasteiger partial charge in [-0.05, 0) is 24.3 Å². The average Bonchev–Trinajstić information content (AvgIpc) is 2.37. The van der Waals surface area contributed by atoms with Crippen LogP contribution in [0.5, 0.6) is 0 Å². The number of halogens is 1. The standard InChI is InChI=1S/C13H11ClN2O2/c14-11-6-7-13(16(17)18)10(8-11)9-15-12-4-2-1-3-5-12/h1-8,15H,9H2. The molecule has 92 valence electrons. The van der Waals surface area contributed by atoms with Gasteiger partial charge in [-0.25, -0.2) is 0 Å². The van der Waals surface area contributed by atoms with E-state index in [1.807, 2.05) is 30.3 Å². The molecule has 0 spiro atoms. The van der Waals surface area contributed by atoms with Crippen molar-refractivity contribution >= 4 is 23.0 Å². The second kappa shape index (κ2) is 5.51. The molecule has 0 fully saturated rings.